The SMILES string of the molecule is O=S1CCCNC(c2cc3cc(Br)ccc3o2)C1. The van der Waals surface area contributed by atoms with Gasteiger partial charge in [0, 0.05) is 32.2 Å². The van der Waals surface area contributed by atoms with Crippen LogP contribution >= 0.6 is 15.9 Å². The van der Waals surface area contributed by atoms with Crippen LogP contribution in [0.1, 0.15) is 18.2 Å². The third-order valence-electron chi connectivity index (χ3n) is 3.13. The highest BCUT2D eigenvalue weighted by Gasteiger charge is 2.21. The van der Waals surface area contributed by atoms with Crippen molar-refractivity contribution in [3.8, 4) is 0 Å². The van der Waals surface area contributed by atoms with E-state index in [-0.39, 0.29) is 6.04 Å². The molecule has 3 nitrogen and oxygen atoms in total. The van der Waals surface area contributed by atoms with Crippen LogP contribution in [0.5, 0.6) is 0 Å². The molecule has 2 aromatic rings. The lowest BCUT2D eigenvalue weighted by Gasteiger charge is -2.11. The lowest BCUT2D eigenvalue weighted by Crippen LogP contribution is -2.23. The first-order valence-corrected chi connectivity index (χ1v) is 8.28. The molecule has 0 amide bonds. The van der Waals surface area contributed by atoms with E-state index in [0.29, 0.717) is 5.75 Å². The molecule has 0 aliphatic carbocycles. The van der Waals surface area contributed by atoms with Gasteiger partial charge in [0.1, 0.15) is 11.3 Å². The van der Waals surface area contributed by atoms with E-state index in [4.69, 9.17) is 4.42 Å². The first-order valence-electron chi connectivity index (χ1n) is 6.00. The summed E-state index contributed by atoms with van der Waals surface area (Å²) in [5.41, 5.74) is 0.880. The zero-order valence-electron chi connectivity index (χ0n) is 9.82. The number of fused-ring (bicyclic) bond motifs is 1. The van der Waals surface area contributed by atoms with Crippen LogP contribution in [0.3, 0.4) is 0 Å². The summed E-state index contributed by atoms with van der Waals surface area (Å²) in [6.07, 6.45) is 0.967. The molecule has 0 bridgehead atoms. The Labute approximate surface area is 117 Å². The van der Waals surface area contributed by atoms with Gasteiger partial charge in [0.25, 0.3) is 0 Å². The van der Waals surface area contributed by atoms with Gasteiger partial charge in [-0.2, -0.15) is 0 Å². The van der Waals surface area contributed by atoms with E-state index in [1.807, 2.05) is 24.3 Å². The fraction of sp³-hybridized carbons (Fsp3) is 0.385. The number of furan rings is 1. The smallest absolute Gasteiger partial charge is 0.134 e. The monoisotopic (exact) mass is 327 g/mol. The van der Waals surface area contributed by atoms with Crippen LogP contribution < -0.4 is 5.32 Å². The highest BCUT2D eigenvalue weighted by atomic mass is 79.9. The minimum Gasteiger partial charge on any atom is -0.459 e. The van der Waals surface area contributed by atoms with Crippen molar-refractivity contribution >= 4 is 37.7 Å². The van der Waals surface area contributed by atoms with Gasteiger partial charge in [-0.05, 0) is 37.2 Å². The van der Waals surface area contributed by atoms with Crippen LogP contribution in [0.15, 0.2) is 33.2 Å². The van der Waals surface area contributed by atoms with Crippen molar-refractivity contribution in [2.75, 3.05) is 18.1 Å². The molecule has 0 saturated carbocycles. The molecule has 3 rings (SSSR count). The zero-order chi connectivity index (χ0) is 12.5. The Hall–Kier alpha value is -0.650. The number of rotatable bonds is 1. The predicted octanol–water partition coefficient (Wildman–Crippen LogP) is 2.98. The summed E-state index contributed by atoms with van der Waals surface area (Å²) in [6, 6.07) is 8.07. The maximum absolute atomic E-state index is 11.8. The first-order chi connectivity index (χ1) is 8.72. The van der Waals surface area contributed by atoms with Crippen LogP contribution in [0.25, 0.3) is 11.0 Å². The Morgan fingerprint density at radius 1 is 1.39 bits per heavy atom. The van der Waals surface area contributed by atoms with Crippen LogP contribution in [0.2, 0.25) is 0 Å². The Balaban J connectivity index is 1.95. The Kier molecular flexibility index (Phi) is 3.54. The number of nitrogens with one attached hydrogen (secondary N) is 1. The van der Waals surface area contributed by atoms with E-state index in [1.165, 1.54) is 0 Å². The van der Waals surface area contributed by atoms with Crippen molar-refractivity contribution in [3.05, 3.63) is 34.5 Å². The van der Waals surface area contributed by atoms with E-state index in [1.54, 1.807) is 0 Å². The molecule has 1 aliphatic rings. The van der Waals surface area contributed by atoms with E-state index >= 15 is 0 Å². The summed E-state index contributed by atoms with van der Waals surface area (Å²) in [5.74, 6) is 2.31. The van der Waals surface area contributed by atoms with E-state index in [9.17, 15) is 4.21 Å². The van der Waals surface area contributed by atoms with Crippen molar-refractivity contribution < 1.29 is 8.63 Å². The average molecular weight is 328 g/mol. The van der Waals surface area contributed by atoms with E-state index in [2.05, 4.69) is 21.2 Å². The summed E-state index contributed by atoms with van der Waals surface area (Å²) >= 11 is 3.45. The second-order valence-electron chi connectivity index (χ2n) is 4.50. The van der Waals surface area contributed by atoms with Crippen molar-refractivity contribution in [2.45, 2.75) is 12.5 Å². The standard InChI is InChI=1S/C13H14BrNO2S/c14-10-2-3-12-9(6-10)7-13(17-12)11-8-18(16)5-1-4-15-11/h2-3,6-7,11,15H,1,4-5,8H2. The largest absolute Gasteiger partial charge is 0.459 e. The van der Waals surface area contributed by atoms with Gasteiger partial charge in [-0.25, -0.2) is 0 Å². The number of hydrogen-bond donors (Lipinski definition) is 1. The first kappa shape index (κ1) is 12.4. The van der Waals surface area contributed by atoms with Crippen molar-refractivity contribution in [1.29, 1.82) is 0 Å². The molecular formula is C13H14BrNO2S. The van der Waals surface area contributed by atoms with Gasteiger partial charge in [0.15, 0.2) is 0 Å². The van der Waals surface area contributed by atoms with Crippen LogP contribution in [-0.4, -0.2) is 22.3 Å². The summed E-state index contributed by atoms with van der Waals surface area (Å²) in [6.45, 7) is 0.900. The Bertz CT molecular complexity index is 596. The highest BCUT2D eigenvalue weighted by molar-refractivity contribution is 9.10. The third kappa shape index (κ3) is 2.53. The minimum atomic E-state index is -0.746. The van der Waals surface area contributed by atoms with Crippen LogP contribution in [0, 0.1) is 0 Å². The summed E-state index contributed by atoms with van der Waals surface area (Å²) < 4.78 is 18.6. The molecule has 18 heavy (non-hydrogen) atoms. The summed E-state index contributed by atoms with van der Waals surface area (Å²) in [4.78, 5) is 0. The minimum absolute atomic E-state index is 0.0690. The molecule has 1 aliphatic heterocycles. The second kappa shape index (κ2) is 5.15. The molecule has 1 aromatic carbocycles. The van der Waals surface area contributed by atoms with Crippen LogP contribution in [-0.2, 0) is 10.8 Å². The molecule has 1 aromatic heterocycles. The normalized spacial score (nSPS) is 25.2. The van der Waals surface area contributed by atoms with E-state index < -0.39 is 10.8 Å². The van der Waals surface area contributed by atoms with Crippen molar-refractivity contribution in [1.82, 2.24) is 5.32 Å². The van der Waals surface area contributed by atoms with Gasteiger partial charge in [-0.1, -0.05) is 15.9 Å². The molecule has 1 fully saturated rings. The topological polar surface area (TPSA) is 42.2 Å². The molecule has 2 unspecified atom stereocenters. The maximum atomic E-state index is 11.8. The Morgan fingerprint density at radius 2 is 2.28 bits per heavy atom. The quantitative estimate of drug-likeness (QED) is 0.875. The highest BCUT2D eigenvalue weighted by Crippen LogP contribution is 2.27. The number of benzene rings is 1. The second-order valence-corrected chi connectivity index (χ2v) is 7.04. The molecule has 5 heteroatoms. The molecule has 1 N–H and O–H groups in total. The molecule has 2 atom stereocenters. The Morgan fingerprint density at radius 3 is 3.17 bits per heavy atom. The fourth-order valence-electron chi connectivity index (χ4n) is 2.23. The van der Waals surface area contributed by atoms with Gasteiger partial charge < -0.3 is 9.73 Å². The van der Waals surface area contributed by atoms with Gasteiger partial charge >= 0.3 is 0 Å². The van der Waals surface area contributed by atoms with Crippen LogP contribution in [0.4, 0.5) is 0 Å². The van der Waals surface area contributed by atoms with E-state index in [0.717, 1.165) is 39.9 Å². The zero-order valence-corrected chi connectivity index (χ0v) is 12.2. The molecule has 0 spiro atoms. The molecule has 2 heterocycles. The lowest BCUT2D eigenvalue weighted by atomic mass is 10.2. The molecule has 0 radical (unpaired) electrons. The molecule has 1 saturated heterocycles. The molecule has 96 valence electrons. The lowest BCUT2D eigenvalue weighted by molar-refractivity contribution is 0.459. The summed E-state index contributed by atoms with van der Waals surface area (Å²) in [5, 5.41) is 4.49. The average Bonchev–Trinajstić information content (AvgIpc) is 2.63. The molecular weight excluding hydrogens is 314 g/mol. The van der Waals surface area contributed by atoms with Gasteiger partial charge in [-0.3, -0.25) is 4.21 Å². The van der Waals surface area contributed by atoms with Gasteiger partial charge in [-0.15, -0.1) is 0 Å². The number of hydrogen-bond acceptors (Lipinski definition) is 3. The fourth-order valence-corrected chi connectivity index (χ4v) is 3.89. The van der Waals surface area contributed by atoms with Gasteiger partial charge in [0.05, 0.1) is 6.04 Å². The predicted molar refractivity (Wildman–Crippen MR) is 77.2 cm³/mol. The number of halogens is 1. The van der Waals surface area contributed by atoms with Gasteiger partial charge in [0.2, 0.25) is 0 Å². The maximum Gasteiger partial charge on any atom is 0.134 e. The summed E-state index contributed by atoms with van der Waals surface area (Å²) in [7, 11) is -0.746. The third-order valence-corrected chi connectivity index (χ3v) is 5.08. The van der Waals surface area contributed by atoms with Crippen molar-refractivity contribution in [3.63, 3.8) is 0 Å². The van der Waals surface area contributed by atoms with Crippen molar-refractivity contribution in [2.24, 2.45) is 0 Å².